The molecule has 0 aromatic heterocycles. The van der Waals surface area contributed by atoms with Crippen LogP contribution in [-0.2, 0) is 9.53 Å². The summed E-state index contributed by atoms with van der Waals surface area (Å²) in [7, 11) is 0. The summed E-state index contributed by atoms with van der Waals surface area (Å²) in [4.78, 5) is 22.3. The maximum absolute atomic E-state index is 11.5. The Morgan fingerprint density at radius 3 is 2.38 bits per heavy atom. The van der Waals surface area contributed by atoms with Gasteiger partial charge in [-0.1, -0.05) is 24.8 Å². The summed E-state index contributed by atoms with van der Waals surface area (Å²) in [6.07, 6.45) is 0. The molecule has 0 saturated carbocycles. The molecule has 0 atom stereocenters. The van der Waals surface area contributed by atoms with E-state index in [0.29, 0.717) is 0 Å². The van der Waals surface area contributed by atoms with Gasteiger partial charge in [0.05, 0.1) is 17.7 Å². The van der Waals surface area contributed by atoms with Crippen molar-refractivity contribution in [3.05, 3.63) is 42.0 Å². The lowest BCUT2D eigenvalue weighted by molar-refractivity contribution is -0.130. The number of esters is 1. The van der Waals surface area contributed by atoms with Crippen LogP contribution in [0.2, 0.25) is 0 Å². The molecule has 0 saturated heterocycles. The monoisotopic (exact) mass is 220 g/mol. The molecule has 1 N–H and O–H groups in total. The zero-order valence-electron chi connectivity index (χ0n) is 8.90. The second-order valence-electron chi connectivity index (χ2n) is 3.05. The summed E-state index contributed by atoms with van der Waals surface area (Å²) in [5, 5.41) is 8.82. The summed E-state index contributed by atoms with van der Waals surface area (Å²) >= 11 is 0. The summed E-state index contributed by atoms with van der Waals surface area (Å²) < 4.78 is 4.83. The van der Waals surface area contributed by atoms with Crippen molar-refractivity contribution in [2.45, 2.75) is 6.92 Å². The van der Waals surface area contributed by atoms with Crippen LogP contribution >= 0.6 is 0 Å². The number of ether oxygens (including phenoxy) is 1. The van der Waals surface area contributed by atoms with Gasteiger partial charge in [0.25, 0.3) is 0 Å². The molecule has 0 aliphatic rings. The number of rotatable bonds is 4. The number of carboxylic acid groups (broad SMARTS) is 1. The highest BCUT2D eigenvalue weighted by Crippen LogP contribution is 2.18. The lowest BCUT2D eigenvalue weighted by Gasteiger charge is -2.07. The van der Waals surface area contributed by atoms with E-state index in [1.807, 2.05) is 0 Å². The Morgan fingerprint density at radius 2 is 1.88 bits per heavy atom. The number of carbonyl (C=O) groups is 2. The van der Waals surface area contributed by atoms with Gasteiger partial charge in [0.2, 0.25) is 0 Å². The summed E-state index contributed by atoms with van der Waals surface area (Å²) in [5.41, 5.74) is 0.383. The van der Waals surface area contributed by atoms with Crippen molar-refractivity contribution in [3.8, 4) is 0 Å². The Kier molecular flexibility index (Phi) is 3.83. The standard InChI is InChI=1S/C12H12O4/c1-3-16-12(15)10-7-5-4-6-9(10)8(2)11(13)14/h4-7H,2-3H2,1H3,(H,13,14). The molecule has 4 heteroatoms. The quantitative estimate of drug-likeness (QED) is 0.622. The molecule has 0 aliphatic heterocycles. The van der Waals surface area contributed by atoms with Crippen LogP contribution in [0.1, 0.15) is 22.8 Å². The van der Waals surface area contributed by atoms with Gasteiger partial charge in [-0.2, -0.15) is 0 Å². The smallest absolute Gasteiger partial charge is 0.338 e. The third kappa shape index (κ3) is 2.48. The van der Waals surface area contributed by atoms with Crippen LogP contribution in [-0.4, -0.2) is 23.7 Å². The first-order valence-corrected chi connectivity index (χ1v) is 4.76. The number of aliphatic carboxylic acids is 1. The van der Waals surface area contributed by atoms with E-state index in [9.17, 15) is 9.59 Å². The highest BCUT2D eigenvalue weighted by Gasteiger charge is 2.17. The molecular weight excluding hydrogens is 208 g/mol. The van der Waals surface area contributed by atoms with Gasteiger partial charge in [-0.15, -0.1) is 0 Å². The number of carboxylic acids is 1. The van der Waals surface area contributed by atoms with E-state index >= 15 is 0 Å². The summed E-state index contributed by atoms with van der Waals surface area (Å²) in [6, 6.07) is 6.33. The Labute approximate surface area is 93.2 Å². The summed E-state index contributed by atoms with van der Waals surface area (Å²) in [6.45, 7) is 5.35. The van der Waals surface area contributed by atoms with Gasteiger partial charge in [-0.25, -0.2) is 9.59 Å². The van der Waals surface area contributed by atoms with E-state index < -0.39 is 11.9 Å². The Bertz CT molecular complexity index is 434. The molecule has 1 rings (SSSR count). The molecule has 84 valence electrons. The molecule has 0 unspecified atom stereocenters. The second-order valence-corrected chi connectivity index (χ2v) is 3.05. The first-order valence-electron chi connectivity index (χ1n) is 4.76. The van der Waals surface area contributed by atoms with E-state index in [1.54, 1.807) is 19.1 Å². The van der Waals surface area contributed by atoms with Crippen molar-refractivity contribution in [1.82, 2.24) is 0 Å². The van der Waals surface area contributed by atoms with Gasteiger partial charge in [0.1, 0.15) is 0 Å². The van der Waals surface area contributed by atoms with Gasteiger partial charge in [0, 0.05) is 5.56 Å². The van der Waals surface area contributed by atoms with Gasteiger partial charge >= 0.3 is 11.9 Å². The molecule has 0 heterocycles. The van der Waals surface area contributed by atoms with E-state index in [2.05, 4.69) is 6.58 Å². The Hall–Kier alpha value is -2.10. The van der Waals surface area contributed by atoms with Crippen molar-refractivity contribution in [3.63, 3.8) is 0 Å². The largest absolute Gasteiger partial charge is 0.478 e. The minimum Gasteiger partial charge on any atom is -0.478 e. The average molecular weight is 220 g/mol. The van der Waals surface area contributed by atoms with Crippen molar-refractivity contribution in [1.29, 1.82) is 0 Å². The predicted octanol–water partition coefficient (Wildman–Crippen LogP) is 1.96. The van der Waals surface area contributed by atoms with Gasteiger partial charge in [0.15, 0.2) is 0 Å². The predicted molar refractivity (Wildman–Crippen MR) is 59.1 cm³/mol. The fraction of sp³-hybridized carbons (Fsp3) is 0.167. The highest BCUT2D eigenvalue weighted by atomic mass is 16.5. The van der Waals surface area contributed by atoms with Crippen molar-refractivity contribution in [2.24, 2.45) is 0 Å². The van der Waals surface area contributed by atoms with Crippen LogP contribution in [0.3, 0.4) is 0 Å². The van der Waals surface area contributed by atoms with Crippen LogP contribution in [0.4, 0.5) is 0 Å². The van der Waals surface area contributed by atoms with Gasteiger partial charge in [-0.3, -0.25) is 0 Å². The molecular formula is C12H12O4. The maximum Gasteiger partial charge on any atom is 0.338 e. The number of hydrogen-bond acceptors (Lipinski definition) is 3. The van der Waals surface area contributed by atoms with Gasteiger partial charge < -0.3 is 9.84 Å². The lowest BCUT2D eigenvalue weighted by atomic mass is 10.0. The molecule has 1 aromatic carbocycles. The molecule has 0 fully saturated rings. The normalized spacial score (nSPS) is 9.56. The van der Waals surface area contributed by atoms with Gasteiger partial charge in [-0.05, 0) is 13.0 Å². The Balaban J connectivity index is 3.15. The average Bonchev–Trinajstić information content (AvgIpc) is 2.28. The molecule has 0 bridgehead atoms. The van der Waals surface area contributed by atoms with Crippen LogP contribution < -0.4 is 0 Å². The maximum atomic E-state index is 11.5. The molecule has 0 spiro atoms. The molecule has 16 heavy (non-hydrogen) atoms. The molecule has 0 radical (unpaired) electrons. The van der Waals surface area contributed by atoms with E-state index in [-0.39, 0.29) is 23.3 Å². The zero-order chi connectivity index (χ0) is 12.1. The molecule has 0 aliphatic carbocycles. The fourth-order valence-electron chi connectivity index (χ4n) is 1.25. The molecule has 4 nitrogen and oxygen atoms in total. The first kappa shape index (κ1) is 12.0. The number of hydrogen-bond donors (Lipinski definition) is 1. The third-order valence-electron chi connectivity index (χ3n) is 2.01. The van der Waals surface area contributed by atoms with Crippen molar-refractivity contribution in [2.75, 3.05) is 6.61 Å². The molecule has 1 aromatic rings. The molecule has 0 amide bonds. The van der Waals surface area contributed by atoms with E-state index in [1.165, 1.54) is 12.1 Å². The van der Waals surface area contributed by atoms with Crippen LogP contribution in [0.25, 0.3) is 5.57 Å². The van der Waals surface area contributed by atoms with Crippen LogP contribution in [0, 0.1) is 0 Å². The SMILES string of the molecule is C=C(C(=O)O)c1ccccc1C(=O)OCC. The van der Waals surface area contributed by atoms with Crippen molar-refractivity contribution >= 4 is 17.5 Å². The zero-order valence-corrected chi connectivity index (χ0v) is 8.90. The fourth-order valence-corrected chi connectivity index (χ4v) is 1.25. The topological polar surface area (TPSA) is 63.6 Å². The minimum atomic E-state index is -1.16. The highest BCUT2D eigenvalue weighted by molar-refractivity contribution is 6.17. The van der Waals surface area contributed by atoms with Crippen LogP contribution in [0.5, 0.6) is 0 Å². The third-order valence-corrected chi connectivity index (χ3v) is 2.01. The van der Waals surface area contributed by atoms with E-state index in [4.69, 9.17) is 9.84 Å². The van der Waals surface area contributed by atoms with Crippen LogP contribution in [0.15, 0.2) is 30.8 Å². The van der Waals surface area contributed by atoms with E-state index in [0.717, 1.165) is 0 Å². The first-order chi connectivity index (χ1) is 7.57. The number of carbonyl (C=O) groups excluding carboxylic acids is 1. The minimum absolute atomic E-state index is 0.122. The summed E-state index contributed by atoms with van der Waals surface area (Å²) in [5.74, 6) is -1.70. The number of benzene rings is 1. The van der Waals surface area contributed by atoms with Crippen molar-refractivity contribution < 1.29 is 19.4 Å². The second kappa shape index (κ2) is 5.11. The Morgan fingerprint density at radius 1 is 1.31 bits per heavy atom. The lowest BCUT2D eigenvalue weighted by Crippen LogP contribution is -2.10.